The van der Waals surface area contributed by atoms with Gasteiger partial charge in [-0.3, -0.25) is 0 Å². The van der Waals surface area contributed by atoms with Gasteiger partial charge in [0, 0.05) is 23.2 Å². The minimum Gasteiger partial charge on any atom is -0.493 e. The van der Waals surface area contributed by atoms with Crippen LogP contribution in [0.2, 0.25) is 5.02 Å². The molecule has 2 aromatic heterocycles. The zero-order valence-electron chi connectivity index (χ0n) is 13.6. The van der Waals surface area contributed by atoms with Crippen molar-refractivity contribution in [1.82, 2.24) is 14.6 Å². The summed E-state index contributed by atoms with van der Waals surface area (Å²) in [4.78, 5) is 4.61. The summed E-state index contributed by atoms with van der Waals surface area (Å²) in [6.07, 6.45) is 0.653. The van der Waals surface area contributed by atoms with Gasteiger partial charge >= 0.3 is 0 Å². The van der Waals surface area contributed by atoms with Crippen molar-refractivity contribution in [3.8, 4) is 17.0 Å². The van der Waals surface area contributed by atoms with Gasteiger partial charge in [-0.1, -0.05) is 54.1 Å². The van der Waals surface area contributed by atoms with Crippen molar-refractivity contribution in [2.24, 2.45) is 0 Å². The molecule has 0 unspecified atom stereocenters. The lowest BCUT2D eigenvalue weighted by atomic mass is 10.0. The summed E-state index contributed by atoms with van der Waals surface area (Å²) in [5, 5.41) is 15.6. The minimum atomic E-state index is 0.0806. The summed E-state index contributed by atoms with van der Waals surface area (Å²) in [5.41, 5.74) is 5.29. The van der Waals surface area contributed by atoms with Gasteiger partial charge in [0.25, 0.3) is 0 Å². The third-order valence-corrected chi connectivity index (χ3v) is 4.37. The van der Waals surface area contributed by atoms with E-state index in [9.17, 15) is 5.11 Å². The number of nitrogens with zero attached hydrogens (tertiary/aromatic N) is 3. The average Bonchev–Trinajstić information content (AvgIpc) is 2.95. The van der Waals surface area contributed by atoms with Crippen LogP contribution in [0.25, 0.3) is 16.8 Å². The topological polar surface area (TPSA) is 50.4 Å². The minimum absolute atomic E-state index is 0.0806. The number of aryl methyl sites for hydroxylation is 1. The SMILES string of the molecule is Cc1cc(O)n2nc(Cc3ccccc3)c(-c3ccc(Cl)cc3)c2n1. The second-order valence-electron chi connectivity index (χ2n) is 5.98. The Labute approximate surface area is 150 Å². The zero-order chi connectivity index (χ0) is 17.4. The summed E-state index contributed by atoms with van der Waals surface area (Å²) in [6, 6.07) is 19.3. The molecule has 25 heavy (non-hydrogen) atoms. The maximum atomic E-state index is 10.3. The van der Waals surface area contributed by atoms with Gasteiger partial charge in [0.2, 0.25) is 5.88 Å². The Balaban J connectivity index is 1.96. The van der Waals surface area contributed by atoms with E-state index < -0.39 is 0 Å². The molecule has 0 spiro atoms. The van der Waals surface area contributed by atoms with Gasteiger partial charge in [0.05, 0.1) is 11.3 Å². The van der Waals surface area contributed by atoms with Crippen molar-refractivity contribution in [3.05, 3.63) is 82.6 Å². The first-order chi connectivity index (χ1) is 12.1. The first kappa shape index (κ1) is 15.7. The molecule has 0 fully saturated rings. The second-order valence-corrected chi connectivity index (χ2v) is 6.42. The predicted octanol–water partition coefficient (Wildman–Crippen LogP) is 4.65. The van der Waals surface area contributed by atoms with Crippen molar-refractivity contribution in [1.29, 1.82) is 0 Å². The Morgan fingerprint density at radius 1 is 1.04 bits per heavy atom. The number of halogens is 1. The van der Waals surface area contributed by atoms with E-state index in [0.717, 1.165) is 28.1 Å². The highest BCUT2D eigenvalue weighted by molar-refractivity contribution is 6.30. The Bertz CT molecular complexity index is 1040. The number of benzene rings is 2. The molecule has 4 nitrogen and oxygen atoms in total. The standard InChI is InChI=1S/C20H16ClN3O/c1-13-11-18(25)24-20(22-13)19(15-7-9-16(21)10-8-15)17(23-24)12-14-5-3-2-4-6-14/h2-11,25H,12H2,1H3. The molecule has 0 aliphatic heterocycles. The first-order valence-corrected chi connectivity index (χ1v) is 8.38. The molecule has 0 saturated heterocycles. The van der Waals surface area contributed by atoms with Crippen LogP contribution in [-0.2, 0) is 6.42 Å². The fourth-order valence-electron chi connectivity index (χ4n) is 2.99. The molecule has 0 saturated carbocycles. The van der Waals surface area contributed by atoms with E-state index in [4.69, 9.17) is 11.6 Å². The van der Waals surface area contributed by atoms with Crippen molar-refractivity contribution in [2.45, 2.75) is 13.3 Å². The monoisotopic (exact) mass is 349 g/mol. The summed E-state index contributed by atoms with van der Waals surface area (Å²) >= 11 is 6.03. The van der Waals surface area contributed by atoms with E-state index in [2.05, 4.69) is 22.2 Å². The molecular formula is C20H16ClN3O. The molecule has 0 bridgehead atoms. The van der Waals surface area contributed by atoms with Crippen LogP contribution in [0.4, 0.5) is 0 Å². The van der Waals surface area contributed by atoms with Crippen LogP contribution in [0.3, 0.4) is 0 Å². The molecule has 5 heteroatoms. The quantitative estimate of drug-likeness (QED) is 0.585. The molecule has 0 aliphatic rings. The van der Waals surface area contributed by atoms with Crippen molar-refractivity contribution < 1.29 is 5.11 Å². The van der Waals surface area contributed by atoms with Crippen LogP contribution in [0.5, 0.6) is 5.88 Å². The number of aromatic nitrogens is 3. The lowest BCUT2D eigenvalue weighted by Gasteiger charge is -2.04. The summed E-state index contributed by atoms with van der Waals surface area (Å²) in [7, 11) is 0. The van der Waals surface area contributed by atoms with E-state index in [1.54, 1.807) is 6.07 Å². The molecule has 124 valence electrons. The third kappa shape index (κ3) is 2.96. The number of hydrogen-bond acceptors (Lipinski definition) is 3. The first-order valence-electron chi connectivity index (χ1n) is 8.00. The molecule has 0 amide bonds. The van der Waals surface area contributed by atoms with E-state index in [1.165, 1.54) is 4.52 Å². The van der Waals surface area contributed by atoms with Crippen LogP contribution in [0.15, 0.2) is 60.7 Å². The zero-order valence-corrected chi connectivity index (χ0v) is 14.4. The van der Waals surface area contributed by atoms with Gasteiger partial charge in [0.15, 0.2) is 5.65 Å². The average molecular weight is 350 g/mol. The van der Waals surface area contributed by atoms with Gasteiger partial charge in [0.1, 0.15) is 0 Å². The smallest absolute Gasteiger partial charge is 0.215 e. The highest BCUT2D eigenvalue weighted by Crippen LogP contribution is 2.32. The fourth-order valence-corrected chi connectivity index (χ4v) is 3.11. The number of fused-ring (bicyclic) bond motifs is 1. The third-order valence-electron chi connectivity index (χ3n) is 4.12. The summed E-state index contributed by atoms with van der Waals surface area (Å²) in [5.74, 6) is 0.0806. The number of rotatable bonds is 3. The Hall–Kier alpha value is -2.85. The predicted molar refractivity (Wildman–Crippen MR) is 99.1 cm³/mol. The highest BCUT2D eigenvalue weighted by Gasteiger charge is 2.18. The van der Waals surface area contributed by atoms with Crippen LogP contribution >= 0.6 is 11.6 Å². The number of aromatic hydroxyl groups is 1. The maximum Gasteiger partial charge on any atom is 0.215 e. The molecular weight excluding hydrogens is 334 g/mol. The molecule has 0 aliphatic carbocycles. The summed E-state index contributed by atoms with van der Waals surface area (Å²) in [6.45, 7) is 1.86. The van der Waals surface area contributed by atoms with Crippen LogP contribution in [-0.4, -0.2) is 19.7 Å². The molecule has 1 N–H and O–H groups in total. The maximum absolute atomic E-state index is 10.3. The van der Waals surface area contributed by atoms with Gasteiger partial charge < -0.3 is 5.11 Å². The lowest BCUT2D eigenvalue weighted by molar-refractivity contribution is 0.434. The largest absolute Gasteiger partial charge is 0.493 e. The van der Waals surface area contributed by atoms with Gasteiger partial charge in [-0.05, 0) is 30.2 Å². The molecule has 4 rings (SSSR count). The van der Waals surface area contributed by atoms with E-state index in [0.29, 0.717) is 17.1 Å². The number of hydrogen-bond donors (Lipinski definition) is 1. The summed E-state index contributed by atoms with van der Waals surface area (Å²) < 4.78 is 1.50. The second kappa shape index (κ2) is 6.22. The van der Waals surface area contributed by atoms with Gasteiger partial charge in [-0.25, -0.2) is 4.98 Å². The lowest BCUT2D eigenvalue weighted by Crippen LogP contribution is -1.94. The van der Waals surface area contributed by atoms with E-state index in [1.807, 2.05) is 49.4 Å². The molecule has 0 atom stereocenters. The molecule has 0 radical (unpaired) electrons. The highest BCUT2D eigenvalue weighted by atomic mass is 35.5. The van der Waals surface area contributed by atoms with E-state index >= 15 is 0 Å². The molecule has 4 aromatic rings. The molecule has 2 aromatic carbocycles. The fraction of sp³-hybridized carbons (Fsp3) is 0.100. The van der Waals surface area contributed by atoms with Crippen molar-refractivity contribution >= 4 is 17.2 Å². The van der Waals surface area contributed by atoms with Gasteiger partial charge in [-0.2, -0.15) is 9.61 Å². The van der Waals surface area contributed by atoms with Gasteiger partial charge in [-0.15, -0.1) is 0 Å². The Morgan fingerprint density at radius 3 is 2.48 bits per heavy atom. The van der Waals surface area contributed by atoms with Crippen LogP contribution < -0.4 is 0 Å². The Kier molecular flexibility index (Phi) is 3.90. The van der Waals surface area contributed by atoms with Crippen molar-refractivity contribution in [2.75, 3.05) is 0 Å². The molecule has 2 heterocycles. The normalized spacial score (nSPS) is 11.1. The van der Waals surface area contributed by atoms with Crippen LogP contribution in [0, 0.1) is 6.92 Å². The Morgan fingerprint density at radius 2 is 1.76 bits per heavy atom. The van der Waals surface area contributed by atoms with E-state index in [-0.39, 0.29) is 5.88 Å². The van der Waals surface area contributed by atoms with Crippen molar-refractivity contribution in [3.63, 3.8) is 0 Å². The van der Waals surface area contributed by atoms with Crippen LogP contribution in [0.1, 0.15) is 17.0 Å².